The maximum absolute atomic E-state index is 11.9. The largest absolute Gasteiger partial charge is 0.477 e. The first kappa shape index (κ1) is 10.4. The number of fused-ring (bicyclic) bond motifs is 2. The zero-order valence-corrected chi connectivity index (χ0v) is 9.06. The molecule has 0 radical (unpaired) electrons. The normalized spacial score (nSPS) is 12.8. The summed E-state index contributed by atoms with van der Waals surface area (Å²) >= 11 is 0. The van der Waals surface area contributed by atoms with Crippen LogP contribution in [0.2, 0.25) is 0 Å². The molecule has 6 heteroatoms. The molecule has 0 fully saturated rings. The van der Waals surface area contributed by atoms with Crippen LogP contribution in [0.3, 0.4) is 0 Å². The predicted octanol–water partition coefficient (Wildman–Crippen LogP) is 2.07. The van der Waals surface area contributed by atoms with Crippen LogP contribution in [0, 0.1) is 0 Å². The van der Waals surface area contributed by atoms with Crippen molar-refractivity contribution in [1.82, 2.24) is 4.98 Å². The van der Waals surface area contributed by atoms with E-state index in [1.807, 2.05) is 0 Å². The Hall–Kier alpha value is -2.76. The van der Waals surface area contributed by atoms with Crippen molar-refractivity contribution >= 4 is 17.6 Å². The lowest BCUT2D eigenvalue weighted by atomic mass is 10.2. The Morgan fingerprint density at radius 1 is 1.22 bits per heavy atom. The van der Waals surface area contributed by atoms with Crippen molar-refractivity contribution in [2.24, 2.45) is 0 Å². The van der Waals surface area contributed by atoms with Gasteiger partial charge in [-0.1, -0.05) is 12.1 Å². The van der Waals surface area contributed by atoms with Crippen LogP contribution >= 0.6 is 0 Å². The summed E-state index contributed by atoms with van der Waals surface area (Å²) in [6, 6.07) is 6.71. The molecule has 2 heterocycles. The molecule has 2 aromatic rings. The summed E-state index contributed by atoms with van der Waals surface area (Å²) in [4.78, 5) is 25.5. The van der Waals surface area contributed by atoms with Gasteiger partial charge in [0, 0.05) is 6.20 Å². The monoisotopic (exact) mass is 244 g/mol. The molecule has 0 aliphatic carbocycles. The second-order valence-electron chi connectivity index (χ2n) is 3.76. The lowest BCUT2D eigenvalue weighted by Gasteiger charge is -2.03. The van der Waals surface area contributed by atoms with E-state index in [1.165, 1.54) is 6.20 Å². The van der Waals surface area contributed by atoms with Gasteiger partial charge in [-0.15, -0.1) is 0 Å². The molecule has 0 saturated heterocycles. The highest BCUT2D eigenvalue weighted by molar-refractivity contribution is 6.10. The first-order chi connectivity index (χ1) is 8.66. The minimum atomic E-state index is -1.16. The molecular weight excluding hydrogens is 236 g/mol. The van der Waals surface area contributed by atoms with Crippen molar-refractivity contribution in [3.63, 3.8) is 0 Å². The van der Waals surface area contributed by atoms with Crippen molar-refractivity contribution in [2.75, 3.05) is 5.32 Å². The summed E-state index contributed by atoms with van der Waals surface area (Å²) in [5.41, 5.74) is 0.403. The number of carboxylic acids is 1. The number of carbonyl (C=O) groups excluding carboxylic acids is 1. The number of aromatic nitrogens is 1. The van der Waals surface area contributed by atoms with E-state index in [9.17, 15) is 9.59 Å². The molecule has 90 valence electrons. The van der Waals surface area contributed by atoms with E-state index >= 15 is 0 Å². The highest BCUT2D eigenvalue weighted by Crippen LogP contribution is 2.37. The molecule has 0 unspecified atom stereocenters. The molecule has 1 amide bonds. The number of carbonyl (C=O) groups is 2. The van der Waals surface area contributed by atoms with Gasteiger partial charge in [-0.25, -0.2) is 4.79 Å². The van der Waals surface area contributed by atoms with Gasteiger partial charge in [0.25, 0.3) is 5.91 Å². The van der Waals surface area contributed by atoms with Gasteiger partial charge < -0.3 is 20.1 Å². The van der Waals surface area contributed by atoms with Gasteiger partial charge in [-0.3, -0.25) is 4.79 Å². The van der Waals surface area contributed by atoms with E-state index in [-0.39, 0.29) is 17.1 Å². The molecule has 3 rings (SSSR count). The van der Waals surface area contributed by atoms with Gasteiger partial charge in [-0.2, -0.15) is 0 Å². The standard InChI is InChI=1S/C12H8N2O4/c15-11-6-3-1-2-4-7(6)18-8-5-13-10(12(16)17)9(8)14-11/h1-5,13H,(H,14,15)(H,16,17). The van der Waals surface area contributed by atoms with E-state index in [1.54, 1.807) is 24.3 Å². The third-order valence-corrected chi connectivity index (χ3v) is 2.65. The molecule has 1 aromatic heterocycles. The fourth-order valence-corrected chi connectivity index (χ4v) is 1.82. The average Bonchev–Trinajstić information content (AvgIpc) is 2.67. The highest BCUT2D eigenvalue weighted by Gasteiger charge is 2.26. The minimum Gasteiger partial charge on any atom is -0.477 e. The van der Waals surface area contributed by atoms with Gasteiger partial charge in [0.2, 0.25) is 0 Å². The Morgan fingerprint density at radius 2 is 2.00 bits per heavy atom. The Labute approximate surface area is 101 Å². The maximum atomic E-state index is 11.9. The van der Waals surface area contributed by atoms with Crippen molar-refractivity contribution in [3.05, 3.63) is 41.7 Å². The molecule has 3 N–H and O–H groups in total. The maximum Gasteiger partial charge on any atom is 0.354 e. The number of para-hydroxylation sites is 1. The van der Waals surface area contributed by atoms with Gasteiger partial charge in [0.15, 0.2) is 11.4 Å². The molecule has 0 saturated carbocycles. The molecule has 0 spiro atoms. The van der Waals surface area contributed by atoms with E-state index in [0.29, 0.717) is 11.3 Å². The van der Waals surface area contributed by atoms with Crippen LogP contribution in [0.15, 0.2) is 30.5 Å². The summed E-state index contributed by atoms with van der Waals surface area (Å²) in [7, 11) is 0. The Kier molecular flexibility index (Phi) is 2.09. The number of aromatic amines is 1. The fraction of sp³-hybridized carbons (Fsp3) is 0. The van der Waals surface area contributed by atoms with Gasteiger partial charge >= 0.3 is 5.97 Å². The number of amides is 1. The molecule has 1 aromatic carbocycles. The van der Waals surface area contributed by atoms with Crippen LogP contribution in [-0.4, -0.2) is 22.0 Å². The van der Waals surface area contributed by atoms with E-state index in [4.69, 9.17) is 9.84 Å². The number of carboxylic acid groups (broad SMARTS) is 1. The second-order valence-corrected chi connectivity index (χ2v) is 3.76. The topological polar surface area (TPSA) is 91.4 Å². The molecule has 6 nitrogen and oxygen atoms in total. The lowest BCUT2D eigenvalue weighted by molar-refractivity contribution is 0.0692. The number of ether oxygens (including phenoxy) is 1. The van der Waals surface area contributed by atoms with Gasteiger partial charge in [-0.05, 0) is 12.1 Å². The van der Waals surface area contributed by atoms with E-state index in [2.05, 4.69) is 10.3 Å². The second kappa shape index (κ2) is 3.63. The van der Waals surface area contributed by atoms with Crippen molar-refractivity contribution in [2.45, 2.75) is 0 Å². The zero-order chi connectivity index (χ0) is 12.7. The number of hydrogen-bond acceptors (Lipinski definition) is 3. The number of aromatic carboxylic acids is 1. The fourth-order valence-electron chi connectivity index (χ4n) is 1.82. The predicted molar refractivity (Wildman–Crippen MR) is 62.2 cm³/mol. The summed E-state index contributed by atoms with van der Waals surface area (Å²) in [6.45, 7) is 0. The molecular formula is C12H8N2O4. The molecule has 18 heavy (non-hydrogen) atoms. The summed E-state index contributed by atoms with van der Waals surface area (Å²) in [5, 5.41) is 11.5. The van der Waals surface area contributed by atoms with Crippen molar-refractivity contribution < 1.29 is 19.4 Å². The Balaban J connectivity index is 2.16. The van der Waals surface area contributed by atoms with E-state index < -0.39 is 11.9 Å². The molecule has 1 aliphatic heterocycles. The third kappa shape index (κ3) is 1.43. The van der Waals surface area contributed by atoms with Crippen LogP contribution in [-0.2, 0) is 0 Å². The molecule has 0 atom stereocenters. The van der Waals surface area contributed by atoms with E-state index in [0.717, 1.165) is 0 Å². The lowest BCUT2D eigenvalue weighted by Crippen LogP contribution is -2.12. The van der Waals surface area contributed by atoms with Crippen LogP contribution in [0.1, 0.15) is 20.8 Å². The quantitative estimate of drug-likeness (QED) is 0.716. The van der Waals surface area contributed by atoms with Gasteiger partial charge in [0.05, 0.1) is 5.56 Å². The Morgan fingerprint density at radius 3 is 2.78 bits per heavy atom. The summed E-state index contributed by atoms with van der Waals surface area (Å²) < 4.78 is 5.53. The number of benzene rings is 1. The van der Waals surface area contributed by atoms with Crippen molar-refractivity contribution in [1.29, 1.82) is 0 Å². The van der Waals surface area contributed by atoms with Crippen LogP contribution in [0.4, 0.5) is 5.69 Å². The first-order valence-corrected chi connectivity index (χ1v) is 5.19. The van der Waals surface area contributed by atoms with Crippen LogP contribution in [0.25, 0.3) is 0 Å². The zero-order valence-electron chi connectivity index (χ0n) is 9.06. The summed E-state index contributed by atoms with van der Waals surface area (Å²) in [6.07, 6.45) is 1.40. The van der Waals surface area contributed by atoms with Gasteiger partial charge in [0.1, 0.15) is 11.4 Å². The van der Waals surface area contributed by atoms with Crippen molar-refractivity contribution in [3.8, 4) is 11.5 Å². The van der Waals surface area contributed by atoms with Crippen LogP contribution < -0.4 is 10.1 Å². The van der Waals surface area contributed by atoms with Crippen LogP contribution in [0.5, 0.6) is 11.5 Å². The average molecular weight is 244 g/mol. The SMILES string of the molecule is O=C1Nc2c(c[nH]c2C(=O)O)Oc2ccccc21. The first-order valence-electron chi connectivity index (χ1n) is 5.19. The number of H-pyrrole nitrogens is 1. The summed E-state index contributed by atoms with van der Waals surface area (Å²) in [5.74, 6) is -0.882. The smallest absolute Gasteiger partial charge is 0.354 e. The number of rotatable bonds is 1. The number of anilines is 1. The number of hydrogen-bond donors (Lipinski definition) is 3. The number of nitrogens with one attached hydrogen (secondary N) is 2. The minimum absolute atomic E-state index is 0.105. The third-order valence-electron chi connectivity index (χ3n) is 2.65. The Bertz CT molecular complexity index is 660. The highest BCUT2D eigenvalue weighted by atomic mass is 16.5. The molecule has 1 aliphatic rings. The molecule has 0 bridgehead atoms.